The Morgan fingerprint density at radius 1 is 0.952 bits per heavy atom. The number of halogens is 4. The van der Waals surface area contributed by atoms with E-state index in [1.54, 1.807) is 12.1 Å². The molecule has 0 aliphatic rings. The SMILES string of the molecule is CCc1ccc(-c2c(F)c(F)c(SC#N)c(F)c2F)cc1. The number of thiocyanates is 1. The summed E-state index contributed by atoms with van der Waals surface area (Å²) in [6, 6.07) is 6.05. The first-order chi connectivity index (χ1) is 10.0. The molecule has 0 saturated heterocycles. The van der Waals surface area contributed by atoms with E-state index in [1.165, 1.54) is 17.5 Å². The van der Waals surface area contributed by atoms with Crippen molar-refractivity contribution in [1.82, 2.24) is 0 Å². The van der Waals surface area contributed by atoms with Crippen molar-refractivity contribution in [2.45, 2.75) is 18.2 Å². The van der Waals surface area contributed by atoms with Crippen LogP contribution in [0, 0.1) is 33.9 Å². The molecule has 0 spiro atoms. The smallest absolute Gasteiger partial charge is 0.177 e. The first-order valence-corrected chi connectivity index (χ1v) is 6.84. The molecule has 108 valence electrons. The van der Waals surface area contributed by atoms with E-state index in [-0.39, 0.29) is 17.3 Å². The van der Waals surface area contributed by atoms with E-state index in [0.29, 0.717) is 0 Å². The molecule has 0 radical (unpaired) electrons. The fraction of sp³-hybridized carbons (Fsp3) is 0.133. The molecule has 0 aromatic heterocycles. The first-order valence-electron chi connectivity index (χ1n) is 6.02. The molecule has 0 N–H and O–H groups in total. The van der Waals surface area contributed by atoms with Gasteiger partial charge in [-0.2, -0.15) is 5.26 Å². The van der Waals surface area contributed by atoms with Gasteiger partial charge in [-0.05, 0) is 29.3 Å². The summed E-state index contributed by atoms with van der Waals surface area (Å²) in [7, 11) is 0. The molecule has 0 bridgehead atoms. The van der Waals surface area contributed by atoms with Crippen molar-refractivity contribution in [2.24, 2.45) is 0 Å². The standard InChI is InChI=1S/C15H9F4NS/c1-2-8-3-5-9(6-4-8)10-11(16)13(18)15(21-7-20)14(19)12(10)17/h3-6H,2H2,1H3. The molecular formula is C15H9F4NS. The van der Waals surface area contributed by atoms with Crippen LogP contribution in [0.2, 0.25) is 0 Å². The number of thioether (sulfide) groups is 1. The molecule has 0 heterocycles. The molecule has 2 aromatic rings. The van der Waals surface area contributed by atoms with Crippen molar-refractivity contribution in [3.63, 3.8) is 0 Å². The Morgan fingerprint density at radius 3 is 1.90 bits per heavy atom. The van der Waals surface area contributed by atoms with Gasteiger partial charge in [-0.25, -0.2) is 17.6 Å². The van der Waals surface area contributed by atoms with Crippen molar-refractivity contribution in [3.05, 3.63) is 53.1 Å². The molecule has 0 fully saturated rings. The lowest BCUT2D eigenvalue weighted by atomic mass is 10.0. The lowest BCUT2D eigenvalue weighted by Gasteiger charge is -2.10. The van der Waals surface area contributed by atoms with Crippen LogP contribution in [0.4, 0.5) is 17.6 Å². The predicted molar refractivity (Wildman–Crippen MR) is 72.6 cm³/mol. The van der Waals surface area contributed by atoms with Gasteiger partial charge < -0.3 is 0 Å². The average molecular weight is 311 g/mol. The molecule has 0 aliphatic carbocycles. The average Bonchev–Trinajstić information content (AvgIpc) is 2.50. The molecule has 2 aromatic carbocycles. The van der Waals surface area contributed by atoms with Crippen LogP contribution < -0.4 is 0 Å². The van der Waals surface area contributed by atoms with Crippen LogP contribution in [0.5, 0.6) is 0 Å². The van der Waals surface area contributed by atoms with Crippen LogP contribution in [-0.4, -0.2) is 0 Å². The summed E-state index contributed by atoms with van der Waals surface area (Å²) in [5.41, 5.74) is 0.195. The second-order valence-corrected chi connectivity index (χ2v) is 5.00. The maximum atomic E-state index is 14.0. The molecule has 1 nitrogen and oxygen atoms in total. The molecule has 21 heavy (non-hydrogen) atoms. The van der Waals surface area contributed by atoms with Crippen molar-refractivity contribution in [3.8, 4) is 16.5 Å². The summed E-state index contributed by atoms with van der Waals surface area (Å²) < 4.78 is 55.5. The minimum absolute atomic E-state index is 0.0357. The summed E-state index contributed by atoms with van der Waals surface area (Å²) in [5.74, 6) is -6.13. The van der Waals surface area contributed by atoms with E-state index in [1.807, 2.05) is 6.92 Å². The molecule has 2 rings (SSSR count). The predicted octanol–water partition coefficient (Wildman–Crippen LogP) is 5.05. The van der Waals surface area contributed by atoms with Crippen LogP contribution in [0.25, 0.3) is 11.1 Å². The Labute approximate surface area is 123 Å². The summed E-state index contributed by atoms with van der Waals surface area (Å²) in [6.07, 6.45) is 0.728. The third-order valence-electron chi connectivity index (χ3n) is 3.02. The summed E-state index contributed by atoms with van der Waals surface area (Å²) >= 11 is 0.0424. The van der Waals surface area contributed by atoms with Crippen molar-refractivity contribution in [1.29, 1.82) is 5.26 Å². The Hall–Kier alpha value is -2.00. The van der Waals surface area contributed by atoms with Gasteiger partial charge in [0.05, 0.1) is 10.5 Å². The maximum Gasteiger partial charge on any atom is 0.177 e. The number of rotatable bonds is 3. The largest absolute Gasteiger partial charge is 0.203 e. The Balaban J connectivity index is 2.66. The fourth-order valence-corrected chi connectivity index (χ4v) is 2.36. The maximum absolute atomic E-state index is 14.0. The normalized spacial score (nSPS) is 10.5. The topological polar surface area (TPSA) is 23.8 Å². The van der Waals surface area contributed by atoms with Gasteiger partial charge in [0.15, 0.2) is 23.3 Å². The highest BCUT2D eigenvalue weighted by molar-refractivity contribution is 8.03. The summed E-state index contributed by atoms with van der Waals surface area (Å²) in [6.45, 7) is 1.91. The van der Waals surface area contributed by atoms with E-state index in [9.17, 15) is 17.6 Å². The number of hydrogen-bond donors (Lipinski definition) is 0. The number of nitriles is 1. The zero-order valence-electron chi connectivity index (χ0n) is 10.9. The number of nitrogens with zero attached hydrogens (tertiary/aromatic N) is 1. The van der Waals surface area contributed by atoms with Gasteiger partial charge in [0.1, 0.15) is 5.40 Å². The molecule has 6 heteroatoms. The van der Waals surface area contributed by atoms with Gasteiger partial charge in [0.2, 0.25) is 0 Å². The van der Waals surface area contributed by atoms with Crippen LogP contribution in [0.1, 0.15) is 12.5 Å². The minimum atomic E-state index is -1.56. The van der Waals surface area contributed by atoms with Gasteiger partial charge in [-0.15, -0.1) is 0 Å². The van der Waals surface area contributed by atoms with Crippen molar-refractivity contribution < 1.29 is 17.6 Å². The number of benzene rings is 2. The molecule has 0 amide bonds. The second kappa shape index (κ2) is 6.19. The van der Waals surface area contributed by atoms with E-state index >= 15 is 0 Å². The fourth-order valence-electron chi connectivity index (χ4n) is 1.91. The van der Waals surface area contributed by atoms with Crippen molar-refractivity contribution in [2.75, 3.05) is 0 Å². The number of hydrogen-bond acceptors (Lipinski definition) is 2. The molecule has 0 aliphatic heterocycles. The van der Waals surface area contributed by atoms with Crippen LogP contribution >= 0.6 is 11.8 Å². The molecule has 0 saturated carbocycles. The lowest BCUT2D eigenvalue weighted by molar-refractivity contribution is 0.430. The summed E-state index contributed by atoms with van der Waals surface area (Å²) in [5, 5.41) is 9.83. The van der Waals surface area contributed by atoms with Gasteiger partial charge in [0, 0.05) is 0 Å². The van der Waals surface area contributed by atoms with E-state index in [2.05, 4.69) is 0 Å². The quantitative estimate of drug-likeness (QED) is 0.343. The summed E-state index contributed by atoms with van der Waals surface area (Å²) in [4.78, 5) is -0.971. The molecule has 0 unspecified atom stereocenters. The third-order valence-corrected chi connectivity index (χ3v) is 3.68. The van der Waals surface area contributed by atoms with Gasteiger partial charge in [0.25, 0.3) is 0 Å². The number of aryl methyl sites for hydroxylation is 1. The zero-order valence-corrected chi connectivity index (χ0v) is 11.7. The highest BCUT2D eigenvalue weighted by atomic mass is 32.2. The van der Waals surface area contributed by atoms with E-state index in [0.717, 1.165) is 12.0 Å². The van der Waals surface area contributed by atoms with Crippen LogP contribution in [-0.2, 0) is 6.42 Å². The van der Waals surface area contributed by atoms with Crippen molar-refractivity contribution >= 4 is 11.8 Å². The van der Waals surface area contributed by atoms with Crippen LogP contribution in [0.15, 0.2) is 29.2 Å². The molecular weight excluding hydrogens is 302 g/mol. The van der Waals surface area contributed by atoms with Gasteiger partial charge in [-0.3, -0.25) is 0 Å². The first kappa shape index (κ1) is 15.4. The zero-order chi connectivity index (χ0) is 15.6. The highest BCUT2D eigenvalue weighted by Gasteiger charge is 2.26. The van der Waals surface area contributed by atoms with Gasteiger partial charge in [-0.1, -0.05) is 31.2 Å². The lowest BCUT2D eigenvalue weighted by Crippen LogP contribution is -2.02. The Kier molecular flexibility index (Phi) is 4.53. The minimum Gasteiger partial charge on any atom is -0.203 e. The Bertz CT molecular complexity index is 691. The second-order valence-electron chi connectivity index (χ2n) is 4.20. The van der Waals surface area contributed by atoms with Gasteiger partial charge >= 0.3 is 0 Å². The van der Waals surface area contributed by atoms with E-state index < -0.39 is 33.7 Å². The Morgan fingerprint density at radius 2 is 1.48 bits per heavy atom. The monoisotopic (exact) mass is 311 g/mol. The third kappa shape index (κ3) is 2.74. The van der Waals surface area contributed by atoms with Crippen LogP contribution in [0.3, 0.4) is 0 Å². The highest BCUT2D eigenvalue weighted by Crippen LogP contribution is 2.36. The van der Waals surface area contributed by atoms with E-state index in [4.69, 9.17) is 5.26 Å². The molecule has 0 atom stereocenters.